The molecule has 0 unspecified atom stereocenters. The number of aliphatic hydroxyl groups is 1. The standard InChI is InChI=1S/C27H38N4O4/c1-18(2)28-27(34)29-23-13-9-12-22-25(23)35-24(16-30(5)15-21-10-7-6-8-11-21)19(3)14-31(26(22)33)20(4)17-32/h6-13,18-20,24,32H,14-17H2,1-5H3,(H2,28,29,34)/t19-,20+,24-/m0/s1. The highest BCUT2D eigenvalue weighted by Gasteiger charge is 2.34. The fourth-order valence-corrected chi connectivity index (χ4v) is 4.25. The molecule has 0 aromatic heterocycles. The number of nitrogens with one attached hydrogen (secondary N) is 2. The Hall–Kier alpha value is -3.10. The third kappa shape index (κ3) is 6.96. The lowest BCUT2D eigenvalue weighted by molar-refractivity contribution is 0.0343. The second kappa shape index (κ2) is 12.0. The Morgan fingerprint density at radius 3 is 2.54 bits per heavy atom. The fraction of sp³-hybridized carbons (Fsp3) is 0.481. The summed E-state index contributed by atoms with van der Waals surface area (Å²) in [6.07, 6.45) is -0.250. The van der Waals surface area contributed by atoms with Crippen LogP contribution in [0.2, 0.25) is 0 Å². The lowest BCUT2D eigenvalue weighted by atomic mass is 9.99. The van der Waals surface area contributed by atoms with Crippen LogP contribution in [0.5, 0.6) is 5.75 Å². The van der Waals surface area contributed by atoms with Gasteiger partial charge in [0.2, 0.25) is 0 Å². The van der Waals surface area contributed by atoms with Gasteiger partial charge in [-0.25, -0.2) is 4.79 Å². The van der Waals surface area contributed by atoms with E-state index >= 15 is 0 Å². The van der Waals surface area contributed by atoms with Gasteiger partial charge in [0.1, 0.15) is 6.10 Å². The number of rotatable bonds is 8. The van der Waals surface area contributed by atoms with E-state index in [9.17, 15) is 14.7 Å². The molecule has 0 saturated heterocycles. The third-order valence-electron chi connectivity index (χ3n) is 6.15. The van der Waals surface area contributed by atoms with Crippen molar-refractivity contribution in [3.8, 4) is 5.75 Å². The van der Waals surface area contributed by atoms with Crippen LogP contribution in [0, 0.1) is 5.92 Å². The van der Waals surface area contributed by atoms with Crippen molar-refractivity contribution in [2.24, 2.45) is 5.92 Å². The van der Waals surface area contributed by atoms with Crippen LogP contribution in [-0.4, -0.2) is 71.8 Å². The van der Waals surface area contributed by atoms with Crippen molar-refractivity contribution in [2.45, 2.75) is 52.4 Å². The third-order valence-corrected chi connectivity index (χ3v) is 6.15. The molecule has 1 aliphatic rings. The van der Waals surface area contributed by atoms with Gasteiger partial charge in [0.05, 0.1) is 23.9 Å². The molecule has 8 heteroatoms. The average Bonchev–Trinajstić information content (AvgIpc) is 2.81. The van der Waals surface area contributed by atoms with Gasteiger partial charge in [-0.1, -0.05) is 43.3 Å². The van der Waals surface area contributed by atoms with E-state index < -0.39 is 0 Å². The van der Waals surface area contributed by atoms with E-state index in [1.165, 1.54) is 5.56 Å². The molecule has 35 heavy (non-hydrogen) atoms. The van der Waals surface area contributed by atoms with E-state index in [-0.39, 0.29) is 42.7 Å². The Balaban J connectivity index is 1.94. The molecule has 2 aromatic rings. The lowest BCUT2D eigenvalue weighted by Crippen LogP contribution is -2.49. The lowest BCUT2D eigenvalue weighted by Gasteiger charge is -2.38. The van der Waals surface area contributed by atoms with Crippen LogP contribution < -0.4 is 15.4 Å². The first kappa shape index (κ1) is 26.5. The first-order chi connectivity index (χ1) is 16.7. The topological polar surface area (TPSA) is 94.1 Å². The van der Waals surface area contributed by atoms with Crippen LogP contribution in [0.25, 0.3) is 0 Å². The van der Waals surface area contributed by atoms with Gasteiger partial charge < -0.3 is 25.4 Å². The molecule has 3 atom stereocenters. The molecule has 3 N–H and O–H groups in total. The molecule has 8 nitrogen and oxygen atoms in total. The number of anilines is 1. The second-order valence-electron chi connectivity index (χ2n) is 9.74. The molecule has 3 rings (SSSR count). The molecule has 0 spiro atoms. The van der Waals surface area contributed by atoms with Gasteiger partial charge in [0.25, 0.3) is 5.91 Å². The Labute approximate surface area is 208 Å². The molecule has 3 amide bonds. The van der Waals surface area contributed by atoms with Gasteiger partial charge in [0.15, 0.2) is 5.75 Å². The number of para-hydroxylation sites is 1. The summed E-state index contributed by atoms with van der Waals surface area (Å²) in [4.78, 5) is 29.9. The summed E-state index contributed by atoms with van der Waals surface area (Å²) in [6, 6.07) is 14.7. The molecule has 190 valence electrons. The van der Waals surface area contributed by atoms with Gasteiger partial charge in [-0.2, -0.15) is 0 Å². The monoisotopic (exact) mass is 482 g/mol. The molecule has 0 radical (unpaired) electrons. The minimum atomic E-state index is -0.363. The van der Waals surface area contributed by atoms with E-state index in [4.69, 9.17) is 4.74 Å². The molecule has 1 heterocycles. The Kier molecular flexibility index (Phi) is 9.12. The zero-order chi connectivity index (χ0) is 25.5. The number of urea groups is 1. The summed E-state index contributed by atoms with van der Waals surface area (Å²) in [5.41, 5.74) is 2.01. The highest BCUT2D eigenvalue weighted by atomic mass is 16.5. The molecule has 2 aromatic carbocycles. The smallest absolute Gasteiger partial charge is 0.319 e. The summed E-state index contributed by atoms with van der Waals surface area (Å²) >= 11 is 0. The molecular weight excluding hydrogens is 444 g/mol. The number of nitrogens with zero attached hydrogens (tertiary/aromatic N) is 2. The number of aliphatic hydroxyl groups excluding tert-OH is 1. The van der Waals surface area contributed by atoms with Crippen molar-refractivity contribution in [2.75, 3.05) is 32.1 Å². The van der Waals surface area contributed by atoms with Crippen LogP contribution >= 0.6 is 0 Å². The largest absolute Gasteiger partial charge is 0.486 e. The maximum Gasteiger partial charge on any atom is 0.319 e. The van der Waals surface area contributed by atoms with Crippen molar-refractivity contribution in [3.63, 3.8) is 0 Å². The highest BCUT2D eigenvalue weighted by Crippen LogP contribution is 2.35. The number of ether oxygens (including phenoxy) is 1. The van der Waals surface area contributed by atoms with E-state index in [0.717, 1.165) is 6.54 Å². The van der Waals surface area contributed by atoms with Gasteiger partial charge in [-0.3, -0.25) is 9.69 Å². The van der Waals surface area contributed by atoms with Gasteiger partial charge in [-0.15, -0.1) is 0 Å². The van der Waals surface area contributed by atoms with E-state index in [1.54, 1.807) is 23.1 Å². The first-order valence-corrected chi connectivity index (χ1v) is 12.2. The molecule has 0 fully saturated rings. The van der Waals surface area contributed by atoms with Gasteiger partial charge >= 0.3 is 6.03 Å². The van der Waals surface area contributed by atoms with E-state index in [1.807, 2.05) is 46.0 Å². The Bertz CT molecular complexity index is 998. The number of fused-ring (bicyclic) bond motifs is 1. The van der Waals surface area contributed by atoms with Gasteiger partial charge in [-0.05, 0) is 45.5 Å². The van der Waals surface area contributed by atoms with Crippen molar-refractivity contribution in [1.82, 2.24) is 15.1 Å². The first-order valence-electron chi connectivity index (χ1n) is 12.2. The molecule has 1 aliphatic heterocycles. The van der Waals surface area contributed by atoms with Crippen LogP contribution in [0.1, 0.15) is 43.6 Å². The van der Waals surface area contributed by atoms with Crippen molar-refractivity contribution in [1.29, 1.82) is 0 Å². The summed E-state index contributed by atoms with van der Waals surface area (Å²) < 4.78 is 6.53. The minimum absolute atomic E-state index is 0.0168. The van der Waals surface area contributed by atoms with Crippen LogP contribution in [-0.2, 0) is 6.54 Å². The van der Waals surface area contributed by atoms with Crippen molar-refractivity contribution in [3.05, 3.63) is 59.7 Å². The van der Waals surface area contributed by atoms with Crippen molar-refractivity contribution < 1.29 is 19.4 Å². The number of hydrogen-bond acceptors (Lipinski definition) is 5. The zero-order valence-corrected chi connectivity index (χ0v) is 21.3. The number of amides is 3. The molecule has 0 bridgehead atoms. The summed E-state index contributed by atoms with van der Waals surface area (Å²) in [5, 5.41) is 15.5. The maximum absolute atomic E-state index is 13.5. The quantitative estimate of drug-likeness (QED) is 0.535. The SMILES string of the molecule is CC(C)NC(=O)Nc1cccc2c1O[C@@H](CN(C)Cc1ccccc1)[C@@H](C)CN([C@H](C)CO)C2=O. The number of carbonyl (C=O) groups is 2. The number of carbonyl (C=O) groups excluding carboxylic acids is 2. The van der Waals surface area contributed by atoms with E-state index in [0.29, 0.717) is 30.1 Å². The van der Waals surface area contributed by atoms with Crippen LogP contribution in [0.4, 0.5) is 10.5 Å². The normalized spacial score (nSPS) is 19.0. The van der Waals surface area contributed by atoms with Crippen LogP contribution in [0.3, 0.4) is 0 Å². The summed E-state index contributed by atoms with van der Waals surface area (Å²) in [7, 11) is 2.04. The molecule has 0 saturated carbocycles. The maximum atomic E-state index is 13.5. The van der Waals surface area contributed by atoms with Crippen molar-refractivity contribution >= 4 is 17.6 Å². The predicted octanol–water partition coefficient (Wildman–Crippen LogP) is 3.57. The summed E-state index contributed by atoms with van der Waals surface area (Å²) in [6.45, 7) is 9.34. The zero-order valence-electron chi connectivity index (χ0n) is 21.3. The number of likely N-dealkylation sites (N-methyl/N-ethyl adjacent to an activating group) is 1. The number of benzene rings is 2. The van der Waals surface area contributed by atoms with Gasteiger partial charge in [0, 0.05) is 31.6 Å². The fourth-order valence-electron chi connectivity index (χ4n) is 4.25. The van der Waals surface area contributed by atoms with E-state index in [2.05, 4.69) is 34.6 Å². The molecular formula is C27H38N4O4. The number of hydrogen-bond donors (Lipinski definition) is 3. The summed E-state index contributed by atoms with van der Waals surface area (Å²) in [5.74, 6) is 0.116. The molecule has 0 aliphatic carbocycles. The second-order valence-corrected chi connectivity index (χ2v) is 9.74. The Morgan fingerprint density at radius 1 is 1.17 bits per heavy atom. The van der Waals surface area contributed by atoms with Crippen LogP contribution in [0.15, 0.2) is 48.5 Å². The highest BCUT2D eigenvalue weighted by molar-refractivity contribution is 6.01. The minimum Gasteiger partial charge on any atom is -0.486 e. The predicted molar refractivity (Wildman–Crippen MR) is 138 cm³/mol. The Morgan fingerprint density at radius 2 is 1.89 bits per heavy atom. The average molecular weight is 483 g/mol.